The summed E-state index contributed by atoms with van der Waals surface area (Å²) in [4.78, 5) is 14.9. The highest BCUT2D eigenvalue weighted by molar-refractivity contribution is 6.05. The van der Waals surface area contributed by atoms with Crippen LogP contribution in [0.4, 0.5) is 0 Å². The zero-order valence-electron chi connectivity index (χ0n) is 13.5. The molecule has 0 saturated carbocycles. The predicted molar refractivity (Wildman–Crippen MR) is 91.7 cm³/mol. The summed E-state index contributed by atoms with van der Waals surface area (Å²) >= 11 is 0. The van der Waals surface area contributed by atoms with Crippen LogP contribution in [0.25, 0.3) is 10.9 Å². The second-order valence-electron chi connectivity index (χ2n) is 6.20. The first-order valence-corrected chi connectivity index (χ1v) is 8.14. The number of carbonyl (C=O) groups excluding carboxylic acids is 1. The van der Waals surface area contributed by atoms with E-state index in [-0.39, 0.29) is 18.1 Å². The van der Waals surface area contributed by atoms with E-state index < -0.39 is 0 Å². The Morgan fingerprint density at radius 1 is 1.17 bits per heavy atom. The predicted octanol–water partition coefficient (Wildman–Crippen LogP) is 3.17. The van der Waals surface area contributed by atoms with E-state index >= 15 is 0 Å². The number of aromatic amines is 1. The minimum atomic E-state index is -0.0973. The van der Waals surface area contributed by atoms with E-state index in [4.69, 9.17) is 4.74 Å². The molecule has 5 heteroatoms. The van der Waals surface area contributed by atoms with Gasteiger partial charge in [-0.05, 0) is 18.6 Å². The van der Waals surface area contributed by atoms with Gasteiger partial charge in [-0.15, -0.1) is 0 Å². The number of H-pyrrole nitrogens is 1. The lowest BCUT2D eigenvalue weighted by molar-refractivity contribution is -0.0691. The Kier molecular flexibility index (Phi) is 3.78. The Balaban J connectivity index is 1.63. The van der Waals surface area contributed by atoms with Crippen LogP contribution in [-0.2, 0) is 4.74 Å². The van der Waals surface area contributed by atoms with E-state index in [0.29, 0.717) is 18.7 Å². The molecule has 1 N–H and O–H groups in total. The second kappa shape index (κ2) is 6.09. The van der Waals surface area contributed by atoms with Crippen LogP contribution >= 0.6 is 0 Å². The van der Waals surface area contributed by atoms with Gasteiger partial charge in [0, 0.05) is 11.9 Å². The van der Waals surface area contributed by atoms with Gasteiger partial charge >= 0.3 is 0 Å². The number of carbonyl (C=O) groups is 1. The Morgan fingerprint density at radius 2 is 2.00 bits per heavy atom. The number of amides is 1. The van der Waals surface area contributed by atoms with Gasteiger partial charge < -0.3 is 9.64 Å². The number of ether oxygens (including phenoxy) is 1. The number of nitrogens with one attached hydrogen (secondary N) is 1. The lowest BCUT2D eigenvalue weighted by Gasteiger charge is -2.37. The normalized spacial score (nSPS) is 21.1. The number of hydrogen-bond donors (Lipinski definition) is 1. The third kappa shape index (κ3) is 2.67. The molecule has 24 heavy (non-hydrogen) atoms. The van der Waals surface area contributed by atoms with Gasteiger partial charge in [0.1, 0.15) is 6.10 Å². The fraction of sp³-hybridized carbons (Fsp3) is 0.263. The average molecular weight is 321 g/mol. The Labute approximate surface area is 140 Å². The molecule has 0 bridgehead atoms. The molecule has 2 atom stereocenters. The Bertz CT molecular complexity index is 859. The van der Waals surface area contributed by atoms with Gasteiger partial charge in [0.05, 0.1) is 29.9 Å². The van der Waals surface area contributed by atoms with E-state index in [1.807, 2.05) is 60.4 Å². The zero-order valence-corrected chi connectivity index (χ0v) is 13.5. The fourth-order valence-electron chi connectivity index (χ4n) is 3.29. The molecular formula is C19H19N3O2. The van der Waals surface area contributed by atoms with Crippen LogP contribution in [0, 0.1) is 0 Å². The number of hydrogen-bond acceptors (Lipinski definition) is 3. The number of fused-ring (bicyclic) bond motifs is 1. The van der Waals surface area contributed by atoms with Crippen molar-refractivity contribution in [3.63, 3.8) is 0 Å². The van der Waals surface area contributed by atoms with Crippen LogP contribution in [-0.4, -0.2) is 40.2 Å². The number of nitrogens with zero attached hydrogens (tertiary/aromatic N) is 2. The summed E-state index contributed by atoms with van der Waals surface area (Å²) in [5.41, 5.74) is 2.55. The Hall–Kier alpha value is -2.66. The summed E-state index contributed by atoms with van der Waals surface area (Å²) in [7, 11) is 0. The van der Waals surface area contributed by atoms with Crippen molar-refractivity contribution in [2.45, 2.75) is 19.1 Å². The molecule has 0 radical (unpaired) electrons. The van der Waals surface area contributed by atoms with Crippen LogP contribution in [0.2, 0.25) is 0 Å². The van der Waals surface area contributed by atoms with E-state index in [1.54, 1.807) is 6.20 Å². The number of benzene rings is 2. The molecule has 1 aromatic heterocycles. The molecule has 2 heterocycles. The highest BCUT2D eigenvalue weighted by atomic mass is 16.5. The van der Waals surface area contributed by atoms with Crippen molar-refractivity contribution >= 4 is 16.8 Å². The minimum Gasteiger partial charge on any atom is -0.367 e. The number of rotatable bonds is 2. The largest absolute Gasteiger partial charge is 0.367 e. The lowest BCUT2D eigenvalue weighted by Crippen LogP contribution is -2.46. The van der Waals surface area contributed by atoms with Gasteiger partial charge in [-0.2, -0.15) is 5.10 Å². The molecule has 122 valence electrons. The SMILES string of the molecule is C[C@H]1CN(C(=O)c2cccc3cn[nH]c23)C[C@H](c2ccccc2)O1. The molecule has 4 rings (SSSR count). The van der Waals surface area contributed by atoms with E-state index in [1.165, 1.54) is 0 Å². The molecule has 5 nitrogen and oxygen atoms in total. The van der Waals surface area contributed by atoms with Gasteiger partial charge in [-0.3, -0.25) is 9.89 Å². The molecule has 1 aliphatic heterocycles. The number of morpholine rings is 1. The van der Waals surface area contributed by atoms with Crippen molar-refractivity contribution < 1.29 is 9.53 Å². The molecule has 0 aliphatic carbocycles. The van der Waals surface area contributed by atoms with Crippen LogP contribution in [0.1, 0.15) is 28.9 Å². The average Bonchev–Trinajstić information content (AvgIpc) is 3.10. The monoisotopic (exact) mass is 321 g/mol. The third-order valence-corrected chi connectivity index (χ3v) is 4.43. The quantitative estimate of drug-likeness (QED) is 0.789. The third-order valence-electron chi connectivity index (χ3n) is 4.43. The van der Waals surface area contributed by atoms with Gasteiger partial charge in [0.15, 0.2) is 0 Å². The highest BCUT2D eigenvalue weighted by Gasteiger charge is 2.30. The molecule has 0 unspecified atom stereocenters. The maximum Gasteiger partial charge on any atom is 0.256 e. The summed E-state index contributed by atoms with van der Waals surface area (Å²) in [5.74, 6) is 0.0148. The number of aromatic nitrogens is 2. The molecule has 1 aliphatic rings. The topological polar surface area (TPSA) is 58.2 Å². The fourth-order valence-corrected chi connectivity index (χ4v) is 3.29. The van der Waals surface area contributed by atoms with Gasteiger partial charge in [0.2, 0.25) is 0 Å². The Morgan fingerprint density at radius 3 is 2.83 bits per heavy atom. The smallest absolute Gasteiger partial charge is 0.256 e. The molecule has 1 saturated heterocycles. The highest BCUT2D eigenvalue weighted by Crippen LogP contribution is 2.27. The van der Waals surface area contributed by atoms with Crippen LogP contribution in [0.5, 0.6) is 0 Å². The van der Waals surface area contributed by atoms with Gasteiger partial charge in [-0.25, -0.2) is 0 Å². The van der Waals surface area contributed by atoms with E-state index in [0.717, 1.165) is 16.5 Å². The summed E-state index contributed by atoms with van der Waals surface area (Å²) in [6.07, 6.45) is 1.63. The first-order valence-electron chi connectivity index (χ1n) is 8.14. The summed E-state index contributed by atoms with van der Waals surface area (Å²) in [6.45, 7) is 3.15. The maximum atomic E-state index is 13.1. The van der Waals surface area contributed by atoms with Crippen molar-refractivity contribution in [1.82, 2.24) is 15.1 Å². The summed E-state index contributed by atoms with van der Waals surface area (Å²) in [6, 6.07) is 15.7. The molecule has 2 aromatic carbocycles. The molecule has 0 spiro atoms. The van der Waals surface area contributed by atoms with E-state index in [2.05, 4.69) is 10.2 Å². The second-order valence-corrected chi connectivity index (χ2v) is 6.20. The van der Waals surface area contributed by atoms with E-state index in [9.17, 15) is 4.79 Å². The van der Waals surface area contributed by atoms with Gasteiger partial charge in [-0.1, -0.05) is 42.5 Å². The van der Waals surface area contributed by atoms with Crippen molar-refractivity contribution in [1.29, 1.82) is 0 Å². The standard InChI is InChI=1S/C19H19N3O2/c1-13-11-22(12-17(24-13)14-6-3-2-4-7-14)19(23)16-9-5-8-15-10-20-21-18(15)16/h2-10,13,17H,11-12H2,1H3,(H,20,21)/t13-,17+/m0/s1. The number of para-hydroxylation sites is 1. The van der Waals surface area contributed by atoms with Crippen molar-refractivity contribution in [2.75, 3.05) is 13.1 Å². The molecular weight excluding hydrogens is 302 g/mol. The summed E-state index contributed by atoms with van der Waals surface area (Å²) < 4.78 is 6.05. The zero-order chi connectivity index (χ0) is 16.5. The van der Waals surface area contributed by atoms with Crippen molar-refractivity contribution in [3.05, 3.63) is 65.9 Å². The maximum absolute atomic E-state index is 13.1. The van der Waals surface area contributed by atoms with Gasteiger partial charge in [0.25, 0.3) is 5.91 Å². The minimum absolute atomic E-state index is 0.00567. The summed E-state index contributed by atoms with van der Waals surface area (Å²) in [5, 5.41) is 7.93. The van der Waals surface area contributed by atoms with Crippen LogP contribution in [0.3, 0.4) is 0 Å². The lowest BCUT2D eigenvalue weighted by atomic mass is 10.0. The first-order chi connectivity index (χ1) is 11.7. The first kappa shape index (κ1) is 14.9. The molecule has 1 fully saturated rings. The molecule has 3 aromatic rings. The van der Waals surface area contributed by atoms with Crippen LogP contribution in [0.15, 0.2) is 54.7 Å². The van der Waals surface area contributed by atoms with Crippen LogP contribution < -0.4 is 0 Å². The molecule has 1 amide bonds. The van der Waals surface area contributed by atoms with Crippen molar-refractivity contribution in [3.8, 4) is 0 Å². The van der Waals surface area contributed by atoms with Crippen molar-refractivity contribution in [2.24, 2.45) is 0 Å².